The van der Waals surface area contributed by atoms with E-state index in [-0.39, 0.29) is 5.41 Å². The van der Waals surface area contributed by atoms with Gasteiger partial charge in [0.25, 0.3) is 0 Å². The second-order valence-electron chi connectivity index (χ2n) is 16.8. The molecule has 0 N–H and O–H groups in total. The first-order valence-electron chi connectivity index (χ1n) is 20.4. The molecule has 3 heteroatoms. The van der Waals surface area contributed by atoms with Gasteiger partial charge in [-0.3, -0.25) is 0 Å². The molecule has 3 nitrogen and oxygen atoms in total. The van der Waals surface area contributed by atoms with Crippen molar-refractivity contribution in [1.82, 2.24) is 15.0 Å². The molecule has 4 saturated carbocycles. The zero-order valence-corrected chi connectivity index (χ0v) is 31.3. The maximum Gasteiger partial charge on any atom is 0.164 e. The highest BCUT2D eigenvalue weighted by molar-refractivity contribution is 6.04. The first kappa shape index (κ1) is 32.1. The maximum atomic E-state index is 5.04. The minimum Gasteiger partial charge on any atom is -0.208 e. The Morgan fingerprint density at radius 1 is 0.393 bits per heavy atom. The van der Waals surface area contributed by atoms with Crippen LogP contribution in [0.1, 0.15) is 43.2 Å². The molecule has 5 aliphatic rings. The Morgan fingerprint density at radius 3 is 1.55 bits per heavy atom. The van der Waals surface area contributed by atoms with Gasteiger partial charge in [-0.05, 0) is 123 Å². The van der Waals surface area contributed by atoms with Crippen LogP contribution < -0.4 is 0 Å². The van der Waals surface area contributed by atoms with E-state index in [0.717, 1.165) is 34.1 Å². The van der Waals surface area contributed by atoms with Gasteiger partial charge in [-0.25, -0.2) is 15.0 Å². The third-order valence-electron chi connectivity index (χ3n) is 13.9. The smallest absolute Gasteiger partial charge is 0.164 e. The number of aromatic nitrogens is 3. The molecule has 13 rings (SSSR count). The predicted molar refractivity (Wildman–Crippen MR) is 228 cm³/mol. The number of hydrogen-bond acceptors (Lipinski definition) is 3. The highest BCUT2D eigenvalue weighted by Gasteiger charge is 2.62. The molecule has 4 fully saturated rings. The molecule has 5 aliphatic carbocycles. The molecule has 0 radical (unpaired) electrons. The summed E-state index contributed by atoms with van der Waals surface area (Å²) in [7, 11) is 0. The largest absolute Gasteiger partial charge is 0.208 e. The van der Waals surface area contributed by atoms with Crippen molar-refractivity contribution in [3.05, 3.63) is 175 Å². The summed E-state index contributed by atoms with van der Waals surface area (Å²) in [6.45, 7) is 0. The normalized spacial score (nSPS) is 22.7. The second-order valence-corrected chi connectivity index (χ2v) is 16.8. The predicted octanol–water partition coefficient (Wildman–Crippen LogP) is 13.1. The van der Waals surface area contributed by atoms with Crippen LogP contribution in [0.5, 0.6) is 0 Å². The lowest BCUT2D eigenvalue weighted by Gasteiger charge is -2.61. The summed E-state index contributed by atoms with van der Waals surface area (Å²) in [6, 6.07) is 59.6. The number of fused-ring (bicyclic) bond motifs is 5. The number of benzene rings is 7. The molecule has 0 aliphatic heterocycles. The molecule has 1 heterocycles. The van der Waals surface area contributed by atoms with Gasteiger partial charge in [-0.15, -0.1) is 0 Å². The third kappa shape index (κ3) is 4.79. The molecule has 4 bridgehead atoms. The van der Waals surface area contributed by atoms with Gasteiger partial charge in [0.15, 0.2) is 17.5 Å². The van der Waals surface area contributed by atoms with Gasteiger partial charge in [0, 0.05) is 22.1 Å². The van der Waals surface area contributed by atoms with Crippen LogP contribution in [0.25, 0.3) is 78.3 Å². The monoisotopic (exact) mass is 719 g/mol. The Kier molecular flexibility index (Phi) is 7.11. The van der Waals surface area contributed by atoms with E-state index in [9.17, 15) is 0 Å². The Labute approximate surface area is 328 Å². The Morgan fingerprint density at radius 2 is 0.893 bits per heavy atom. The van der Waals surface area contributed by atoms with Gasteiger partial charge < -0.3 is 0 Å². The van der Waals surface area contributed by atoms with E-state index < -0.39 is 0 Å². The Hall–Kier alpha value is -6.19. The van der Waals surface area contributed by atoms with Crippen LogP contribution >= 0.6 is 0 Å². The fourth-order valence-corrected chi connectivity index (χ4v) is 11.9. The molecule has 7 aromatic carbocycles. The van der Waals surface area contributed by atoms with Gasteiger partial charge in [0.2, 0.25) is 0 Å². The lowest BCUT2D eigenvalue weighted by atomic mass is 9.42. The molecule has 268 valence electrons. The van der Waals surface area contributed by atoms with Crippen molar-refractivity contribution in [3.8, 4) is 67.5 Å². The van der Waals surface area contributed by atoms with E-state index in [4.69, 9.17) is 15.0 Å². The fraction of sp³-hybridized carbons (Fsp3) is 0.189. The highest BCUT2D eigenvalue weighted by Crippen LogP contribution is 2.71. The van der Waals surface area contributed by atoms with Gasteiger partial charge in [-0.2, -0.15) is 0 Å². The van der Waals surface area contributed by atoms with Crippen molar-refractivity contribution in [2.75, 3.05) is 0 Å². The Balaban J connectivity index is 1.00. The lowest BCUT2D eigenvalue weighted by molar-refractivity contribution is -0.0397. The van der Waals surface area contributed by atoms with E-state index in [1.807, 2.05) is 36.4 Å². The number of hydrogen-bond donors (Lipinski definition) is 0. The van der Waals surface area contributed by atoms with Crippen molar-refractivity contribution in [1.29, 1.82) is 0 Å². The molecular formula is C53H41N3. The van der Waals surface area contributed by atoms with Crippen molar-refractivity contribution >= 4 is 10.8 Å². The molecule has 1 aromatic heterocycles. The van der Waals surface area contributed by atoms with E-state index >= 15 is 0 Å². The molecule has 0 amide bonds. The SMILES string of the molecule is c1ccc(-c2nc(-c3ccccc3)nc(-c3cccc(-c4cccc(-c5cccc6c5C5(c7ccc8ccccc8c7-6)C6CC7CC(C6)CC5C7)c4)c3)n2)cc1. The van der Waals surface area contributed by atoms with Crippen LogP contribution in [0.2, 0.25) is 0 Å². The summed E-state index contributed by atoms with van der Waals surface area (Å²) >= 11 is 0. The Bertz CT molecular complexity index is 2740. The summed E-state index contributed by atoms with van der Waals surface area (Å²) in [5.74, 6) is 5.21. The van der Waals surface area contributed by atoms with Crippen LogP contribution in [0, 0.1) is 23.7 Å². The van der Waals surface area contributed by atoms with E-state index in [2.05, 4.69) is 127 Å². The topological polar surface area (TPSA) is 38.7 Å². The van der Waals surface area contributed by atoms with Gasteiger partial charge in [-0.1, -0.05) is 152 Å². The van der Waals surface area contributed by atoms with Gasteiger partial charge >= 0.3 is 0 Å². The zero-order valence-electron chi connectivity index (χ0n) is 31.3. The summed E-state index contributed by atoms with van der Waals surface area (Å²) in [6.07, 6.45) is 6.93. The maximum absolute atomic E-state index is 5.04. The summed E-state index contributed by atoms with van der Waals surface area (Å²) in [5, 5.41) is 2.75. The quantitative estimate of drug-likeness (QED) is 0.178. The first-order chi connectivity index (χ1) is 27.7. The molecule has 0 saturated heterocycles. The average Bonchev–Trinajstić information content (AvgIpc) is 3.57. The van der Waals surface area contributed by atoms with Crippen LogP contribution in [0.3, 0.4) is 0 Å². The molecule has 8 aromatic rings. The van der Waals surface area contributed by atoms with E-state index in [1.54, 1.807) is 11.1 Å². The van der Waals surface area contributed by atoms with Crippen molar-refractivity contribution in [2.24, 2.45) is 23.7 Å². The van der Waals surface area contributed by atoms with Crippen LogP contribution in [-0.4, -0.2) is 15.0 Å². The molecule has 1 spiro atoms. The summed E-state index contributed by atoms with van der Waals surface area (Å²) in [5.41, 5.74) is 14.2. The number of nitrogens with zero attached hydrogens (tertiary/aromatic N) is 3. The molecular weight excluding hydrogens is 679 g/mol. The average molecular weight is 720 g/mol. The van der Waals surface area contributed by atoms with E-state index in [0.29, 0.717) is 29.3 Å². The fourth-order valence-electron chi connectivity index (χ4n) is 11.9. The third-order valence-corrected chi connectivity index (χ3v) is 13.9. The van der Waals surface area contributed by atoms with Gasteiger partial charge in [0.1, 0.15) is 0 Å². The van der Waals surface area contributed by atoms with Crippen LogP contribution in [0.15, 0.2) is 164 Å². The molecule has 0 atom stereocenters. The minimum atomic E-state index is 0.0697. The summed E-state index contributed by atoms with van der Waals surface area (Å²) < 4.78 is 0. The molecule has 0 unspecified atom stereocenters. The minimum absolute atomic E-state index is 0.0697. The highest BCUT2D eigenvalue weighted by atomic mass is 15.0. The second kappa shape index (κ2) is 12.4. The lowest BCUT2D eigenvalue weighted by Crippen LogP contribution is -2.55. The molecule has 56 heavy (non-hydrogen) atoms. The van der Waals surface area contributed by atoms with Crippen molar-refractivity contribution in [2.45, 2.75) is 37.5 Å². The first-order valence-corrected chi connectivity index (χ1v) is 20.4. The number of rotatable bonds is 5. The van der Waals surface area contributed by atoms with Gasteiger partial charge in [0.05, 0.1) is 0 Å². The van der Waals surface area contributed by atoms with Crippen molar-refractivity contribution < 1.29 is 0 Å². The summed E-state index contributed by atoms with van der Waals surface area (Å²) in [4.78, 5) is 15.0. The zero-order chi connectivity index (χ0) is 36.8. The van der Waals surface area contributed by atoms with E-state index in [1.165, 1.54) is 70.7 Å². The van der Waals surface area contributed by atoms with Crippen LogP contribution in [0.4, 0.5) is 0 Å². The van der Waals surface area contributed by atoms with Crippen LogP contribution in [-0.2, 0) is 5.41 Å². The standard InChI is InChI=1S/C53H41N3/c1-3-13-36(14-4-1)50-54-51(37-15-5-2-6-16-37)56-52(55-50)41-20-10-18-39(32-41)38-17-9-19-40(31-38)45-22-11-23-46-48-44-21-8-7-12-35(44)24-25-47(48)53(49(45)46)42-27-33-26-34(29-42)30-43(53)28-33/h1-25,31-34,42-43H,26-30H2. The van der Waals surface area contributed by atoms with Crippen molar-refractivity contribution in [3.63, 3.8) is 0 Å².